The largest absolute Gasteiger partial charge is 0.385 e. The van der Waals surface area contributed by atoms with Gasteiger partial charge >= 0.3 is 0 Å². The monoisotopic (exact) mass is 364 g/mol. The van der Waals surface area contributed by atoms with Crippen LogP contribution in [0.15, 0.2) is 35.3 Å². The molecule has 1 atom stereocenters. The first-order valence-electron chi connectivity index (χ1n) is 9.39. The number of nitrogens with zero attached hydrogens (tertiary/aromatic N) is 2. The van der Waals surface area contributed by atoms with E-state index in [2.05, 4.69) is 46.6 Å². The first-order chi connectivity index (χ1) is 12.7. The number of ether oxygens (including phenoxy) is 2. The Hall–Kier alpha value is -1.63. The van der Waals surface area contributed by atoms with Crippen LogP contribution in [0.2, 0.25) is 0 Å². The lowest BCUT2D eigenvalue weighted by Gasteiger charge is -2.19. The molecule has 0 bridgehead atoms. The summed E-state index contributed by atoms with van der Waals surface area (Å²) in [6.45, 7) is 8.08. The maximum Gasteiger partial charge on any atom is 0.191 e. The molecule has 0 aliphatic heterocycles. The lowest BCUT2D eigenvalue weighted by atomic mass is 10.2. The van der Waals surface area contributed by atoms with Crippen LogP contribution in [-0.2, 0) is 16.1 Å². The van der Waals surface area contributed by atoms with Gasteiger partial charge in [-0.15, -0.1) is 0 Å². The molecule has 0 radical (unpaired) electrons. The van der Waals surface area contributed by atoms with E-state index in [1.54, 1.807) is 14.2 Å². The Morgan fingerprint density at radius 2 is 1.96 bits per heavy atom. The molecule has 6 nitrogen and oxygen atoms in total. The van der Waals surface area contributed by atoms with E-state index < -0.39 is 0 Å². The van der Waals surface area contributed by atoms with Crippen molar-refractivity contribution in [2.75, 3.05) is 60.6 Å². The summed E-state index contributed by atoms with van der Waals surface area (Å²) in [4.78, 5) is 6.57. The summed E-state index contributed by atoms with van der Waals surface area (Å²) in [7, 11) is 5.67. The number of guanidine groups is 1. The van der Waals surface area contributed by atoms with Gasteiger partial charge in [-0.05, 0) is 24.9 Å². The van der Waals surface area contributed by atoms with Gasteiger partial charge in [-0.2, -0.15) is 0 Å². The Labute approximate surface area is 159 Å². The van der Waals surface area contributed by atoms with E-state index in [9.17, 15) is 0 Å². The maximum absolute atomic E-state index is 5.79. The van der Waals surface area contributed by atoms with E-state index in [0.717, 1.165) is 51.8 Å². The molecule has 0 aromatic heterocycles. The van der Waals surface area contributed by atoms with E-state index in [4.69, 9.17) is 9.47 Å². The highest BCUT2D eigenvalue weighted by atomic mass is 16.5. The molecule has 0 saturated heterocycles. The molecule has 1 rings (SSSR count). The first-order valence-corrected chi connectivity index (χ1v) is 9.39. The summed E-state index contributed by atoms with van der Waals surface area (Å²) < 4.78 is 10.9. The number of hydrogen-bond acceptors (Lipinski definition) is 4. The van der Waals surface area contributed by atoms with Gasteiger partial charge in [0.1, 0.15) is 0 Å². The topological polar surface area (TPSA) is 58.1 Å². The molecular weight excluding hydrogens is 328 g/mol. The van der Waals surface area contributed by atoms with Crippen molar-refractivity contribution in [2.45, 2.75) is 20.0 Å². The van der Waals surface area contributed by atoms with Crippen molar-refractivity contribution in [3.05, 3.63) is 35.9 Å². The molecule has 0 fully saturated rings. The minimum atomic E-state index is 0.411. The third kappa shape index (κ3) is 11.1. The van der Waals surface area contributed by atoms with Crippen molar-refractivity contribution in [1.29, 1.82) is 0 Å². The van der Waals surface area contributed by atoms with E-state index >= 15 is 0 Å². The van der Waals surface area contributed by atoms with E-state index in [0.29, 0.717) is 12.5 Å². The number of hydrogen-bond donors (Lipinski definition) is 2. The number of aliphatic imine (C=N–C) groups is 1. The highest BCUT2D eigenvalue weighted by molar-refractivity contribution is 5.79. The molecule has 1 aromatic rings. The van der Waals surface area contributed by atoms with Crippen LogP contribution in [0.25, 0.3) is 0 Å². The average Bonchev–Trinajstić information content (AvgIpc) is 2.65. The van der Waals surface area contributed by atoms with Crippen molar-refractivity contribution in [2.24, 2.45) is 10.9 Å². The van der Waals surface area contributed by atoms with Gasteiger partial charge in [-0.1, -0.05) is 37.3 Å². The molecule has 1 unspecified atom stereocenters. The zero-order valence-electron chi connectivity index (χ0n) is 16.8. The van der Waals surface area contributed by atoms with Gasteiger partial charge in [0.25, 0.3) is 0 Å². The van der Waals surface area contributed by atoms with Crippen LogP contribution in [-0.4, -0.2) is 71.5 Å². The van der Waals surface area contributed by atoms with E-state index in [1.807, 2.05) is 18.2 Å². The predicted molar refractivity (Wildman–Crippen MR) is 109 cm³/mol. The maximum atomic E-state index is 5.79. The van der Waals surface area contributed by atoms with Gasteiger partial charge < -0.3 is 25.0 Å². The standard InChI is InChI=1S/C20H36N4O2/c1-18(16-26-17-19-9-6-5-7-10-19)15-23-20(21-2)22-11-13-24(3)12-8-14-25-4/h5-7,9-10,18H,8,11-17H2,1-4H3,(H2,21,22,23). The zero-order valence-corrected chi connectivity index (χ0v) is 16.8. The Bertz CT molecular complexity index is 482. The average molecular weight is 365 g/mol. The normalized spacial score (nSPS) is 13.0. The minimum Gasteiger partial charge on any atom is -0.385 e. The Balaban J connectivity index is 2.10. The molecule has 6 heteroatoms. The van der Waals surface area contributed by atoms with Gasteiger partial charge in [0, 0.05) is 46.9 Å². The molecule has 148 valence electrons. The zero-order chi connectivity index (χ0) is 19.0. The lowest BCUT2D eigenvalue weighted by Crippen LogP contribution is -2.42. The number of methoxy groups -OCH3 is 1. The minimum absolute atomic E-state index is 0.411. The van der Waals surface area contributed by atoms with Crippen molar-refractivity contribution >= 4 is 5.96 Å². The molecule has 0 aliphatic rings. The predicted octanol–water partition coefficient (Wildman–Crippen LogP) is 1.97. The fourth-order valence-electron chi connectivity index (χ4n) is 2.46. The van der Waals surface area contributed by atoms with Gasteiger partial charge in [0.2, 0.25) is 0 Å². The first kappa shape index (κ1) is 22.4. The van der Waals surface area contributed by atoms with E-state index in [1.165, 1.54) is 5.56 Å². The summed E-state index contributed by atoms with van der Waals surface area (Å²) in [5.74, 6) is 1.25. The highest BCUT2D eigenvalue weighted by Gasteiger charge is 2.05. The second-order valence-corrected chi connectivity index (χ2v) is 6.64. The molecule has 1 aromatic carbocycles. The third-order valence-electron chi connectivity index (χ3n) is 4.03. The van der Waals surface area contributed by atoms with Crippen molar-refractivity contribution in [1.82, 2.24) is 15.5 Å². The van der Waals surface area contributed by atoms with Gasteiger partial charge in [0.15, 0.2) is 5.96 Å². The van der Waals surface area contributed by atoms with Crippen LogP contribution in [0.4, 0.5) is 0 Å². The van der Waals surface area contributed by atoms with Crippen molar-refractivity contribution in [3.8, 4) is 0 Å². The second-order valence-electron chi connectivity index (χ2n) is 6.64. The Morgan fingerprint density at radius 3 is 2.65 bits per heavy atom. The quantitative estimate of drug-likeness (QED) is 0.318. The third-order valence-corrected chi connectivity index (χ3v) is 4.03. The number of likely N-dealkylation sites (N-methyl/N-ethyl adjacent to an activating group) is 1. The van der Waals surface area contributed by atoms with E-state index in [-0.39, 0.29) is 0 Å². The lowest BCUT2D eigenvalue weighted by molar-refractivity contribution is 0.0931. The highest BCUT2D eigenvalue weighted by Crippen LogP contribution is 2.02. The molecule has 26 heavy (non-hydrogen) atoms. The number of benzene rings is 1. The molecule has 0 spiro atoms. The molecule has 0 saturated carbocycles. The van der Waals surface area contributed by atoms with Gasteiger partial charge in [-0.3, -0.25) is 4.99 Å². The van der Waals surface area contributed by atoms with Crippen LogP contribution in [0, 0.1) is 5.92 Å². The van der Waals surface area contributed by atoms with Gasteiger partial charge in [-0.25, -0.2) is 0 Å². The van der Waals surface area contributed by atoms with Crippen molar-refractivity contribution in [3.63, 3.8) is 0 Å². The molecule has 0 amide bonds. The summed E-state index contributed by atoms with van der Waals surface area (Å²) >= 11 is 0. The Kier molecular flexibility index (Phi) is 12.5. The smallest absolute Gasteiger partial charge is 0.191 e. The fourth-order valence-corrected chi connectivity index (χ4v) is 2.46. The van der Waals surface area contributed by atoms with Crippen LogP contribution in [0.5, 0.6) is 0 Å². The van der Waals surface area contributed by atoms with Crippen molar-refractivity contribution < 1.29 is 9.47 Å². The second kappa shape index (κ2) is 14.5. The Morgan fingerprint density at radius 1 is 1.19 bits per heavy atom. The molecule has 0 heterocycles. The number of rotatable bonds is 13. The number of nitrogens with one attached hydrogen (secondary N) is 2. The summed E-state index contributed by atoms with van der Waals surface area (Å²) in [6, 6.07) is 10.3. The van der Waals surface area contributed by atoms with Crippen LogP contribution in [0.1, 0.15) is 18.9 Å². The molecule has 0 aliphatic carbocycles. The summed E-state index contributed by atoms with van der Waals surface area (Å²) in [6.07, 6.45) is 1.06. The molecular formula is C20H36N4O2. The van der Waals surface area contributed by atoms with Gasteiger partial charge in [0.05, 0.1) is 13.2 Å². The summed E-state index contributed by atoms with van der Waals surface area (Å²) in [5.41, 5.74) is 1.21. The van der Waals surface area contributed by atoms with Crippen LogP contribution < -0.4 is 10.6 Å². The summed E-state index contributed by atoms with van der Waals surface area (Å²) in [5, 5.41) is 6.72. The SMILES string of the molecule is CN=C(NCCN(C)CCCOC)NCC(C)COCc1ccccc1. The van der Waals surface area contributed by atoms with Crippen LogP contribution in [0.3, 0.4) is 0 Å². The van der Waals surface area contributed by atoms with Crippen LogP contribution >= 0.6 is 0 Å². The fraction of sp³-hybridized carbons (Fsp3) is 0.650. The molecule has 2 N–H and O–H groups in total.